The Morgan fingerprint density at radius 1 is 0.683 bits per heavy atom. The van der Waals surface area contributed by atoms with Gasteiger partial charge in [-0.1, -0.05) is 4.13 Å². The third-order valence-corrected chi connectivity index (χ3v) is 19.0. The van der Waals surface area contributed by atoms with Gasteiger partial charge in [0.05, 0.1) is 0 Å². The third kappa shape index (κ3) is 9.93. The fraction of sp³-hybridized carbons (Fsp3) is 0.960. The summed E-state index contributed by atoms with van der Waals surface area (Å²) in [6.07, 6.45) is 23.2. The molecule has 0 unspecified atom stereocenters. The zero-order chi connectivity index (χ0) is 31.0. The number of ether oxygens (including phenoxy) is 1. The van der Waals surface area contributed by atoms with Crippen molar-refractivity contribution in [1.29, 1.82) is 0 Å². The minimum absolute atomic E-state index is 0.181. The molecular weight excluding hydrogens is 619 g/mol. The van der Waals surface area contributed by atoms with Gasteiger partial charge in [-0.25, -0.2) is 16.8 Å². The molecule has 0 atom stereocenters. The topological polar surface area (TPSA) is 107 Å². The van der Waals surface area contributed by atoms with Gasteiger partial charge < -0.3 is 0 Å². The fourth-order valence-corrected chi connectivity index (χ4v) is 16.9. The molecule has 41 heavy (non-hydrogen) atoms. The number of carbonyl (C=O) groups is 1. The van der Waals surface area contributed by atoms with Crippen molar-refractivity contribution in [2.75, 3.05) is 12.8 Å². The second kappa shape index (κ2) is 15.4. The van der Waals surface area contributed by atoms with Gasteiger partial charge in [-0.3, -0.25) is 0 Å². The number of alkyl halides is 6. The Hall–Kier alpha value is -0.660. The Kier molecular flexibility index (Phi) is 13.7. The second-order valence-electron chi connectivity index (χ2n) is 11.5. The van der Waals surface area contributed by atoms with Crippen molar-refractivity contribution in [3.63, 3.8) is 0 Å². The number of hydrogen-bond acceptors (Lipinski definition) is 6. The molecule has 3 rings (SSSR count). The Balaban J connectivity index is 0.000000337. The summed E-state index contributed by atoms with van der Waals surface area (Å²) in [7, 11) is -14.9. The number of carbonyl (C=O) groups excluding carboxylic acids is 1. The van der Waals surface area contributed by atoms with E-state index < -0.39 is 42.5 Å². The van der Waals surface area contributed by atoms with E-state index in [1.165, 1.54) is 96.3 Å². The molecule has 0 aromatic carbocycles. The van der Waals surface area contributed by atoms with Gasteiger partial charge in [-0.15, -0.1) is 0 Å². The number of rotatable bonds is 9. The molecule has 0 radical (unpaired) electrons. The van der Waals surface area contributed by atoms with Crippen molar-refractivity contribution in [3.05, 3.63) is 0 Å². The Morgan fingerprint density at radius 3 is 1.27 bits per heavy atom. The molecule has 3 fully saturated rings. The minimum Gasteiger partial charge on any atom is -0.202 e. The van der Waals surface area contributed by atoms with Crippen LogP contribution in [0.1, 0.15) is 110 Å². The average Bonchev–Trinajstić information content (AvgIpc) is 2.90. The van der Waals surface area contributed by atoms with Crippen molar-refractivity contribution in [2.24, 2.45) is 0 Å². The molecule has 0 heterocycles. The zero-order valence-corrected chi connectivity index (χ0v) is 26.1. The van der Waals surface area contributed by atoms with E-state index in [-0.39, 0.29) is 5.97 Å². The van der Waals surface area contributed by atoms with Crippen molar-refractivity contribution in [1.82, 2.24) is 4.13 Å². The molecule has 0 bridgehead atoms. The fourth-order valence-electron chi connectivity index (χ4n) is 7.11. The minimum atomic E-state index is -6.60. The molecular formula is C25H44F6NO6PS2. The van der Waals surface area contributed by atoms with Gasteiger partial charge in [0.15, 0.2) is 0 Å². The van der Waals surface area contributed by atoms with Crippen molar-refractivity contribution in [3.8, 4) is 0 Å². The molecule has 1 N–H and O–H groups in total. The molecule has 16 heteroatoms. The number of sulfonamides is 2. The molecule has 3 aliphatic carbocycles. The number of halogens is 6. The van der Waals surface area contributed by atoms with E-state index in [0.29, 0.717) is 6.61 Å². The SMILES string of the molecule is CCCOC(=O)C[PH](C1CCCCC1)(C1CCCCC1)C1CCCCC1.O=S(=O)(NS(=O)(=O)C(F)(F)F)C(F)(F)F. The average molecular weight is 664 g/mol. The molecule has 0 spiro atoms. The Morgan fingerprint density at radius 2 is 1.00 bits per heavy atom. The van der Waals surface area contributed by atoms with E-state index in [0.717, 1.165) is 29.6 Å². The van der Waals surface area contributed by atoms with E-state index in [9.17, 15) is 48.0 Å². The van der Waals surface area contributed by atoms with E-state index in [2.05, 4.69) is 6.92 Å². The molecule has 0 aromatic rings. The van der Waals surface area contributed by atoms with Crippen LogP contribution in [0.2, 0.25) is 0 Å². The van der Waals surface area contributed by atoms with Crippen LogP contribution in [-0.4, -0.2) is 63.6 Å². The third-order valence-electron chi connectivity index (χ3n) is 8.84. The van der Waals surface area contributed by atoms with Crippen LogP contribution >= 0.6 is 7.26 Å². The van der Waals surface area contributed by atoms with Crippen LogP contribution in [0.5, 0.6) is 0 Å². The van der Waals surface area contributed by atoms with E-state index in [1.54, 1.807) is 0 Å². The first-order valence-electron chi connectivity index (χ1n) is 14.5. The summed E-state index contributed by atoms with van der Waals surface area (Å²) < 4.78 is 114. The van der Waals surface area contributed by atoms with Gasteiger partial charge in [0.25, 0.3) is 0 Å². The normalized spacial score (nSPS) is 21.5. The summed E-state index contributed by atoms with van der Waals surface area (Å²) in [5.41, 5.74) is -9.55. The van der Waals surface area contributed by atoms with Gasteiger partial charge in [0, 0.05) is 0 Å². The predicted molar refractivity (Wildman–Crippen MR) is 148 cm³/mol. The molecule has 0 amide bonds. The number of hydrogen-bond donors (Lipinski definition) is 1. The van der Waals surface area contributed by atoms with Gasteiger partial charge in [-0.2, -0.15) is 26.3 Å². The van der Waals surface area contributed by atoms with Crippen LogP contribution < -0.4 is 4.13 Å². The zero-order valence-electron chi connectivity index (χ0n) is 23.5. The Labute approximate surface area is 240 Å². The summed E-state index contributed by atoms with van der Waals surface area (Å²) in [6, 6.07) is 0. The van der Waals surface area contributed by atoms with Crippen LogP contribution in [0.4, 0.5) is 26.3 Å². The predicted octanol–water partition coefficient (Wildman–Crippen LogP) is 6.96. The second-order valence-corrected chi connectivity index (χ2v) is 20.1. The summed E-state index contributed by atoms with van der Waals surface area (Å²) in [5.74, 6) is 0.181. The summed E-state index contributed by atoms with van der Waals surface area (Å²) in [5, 5.41) is 0. The van der Waals surface area contributed by atoms with Crippen LogP contribution in [0.3, 0.4) is 0 Å². The summed E-state index contributed by atoms with van der Waals surface area (Å²) >= 11 is 0. The first kappa shape index (κ1) is 36.5. The monoisotopic (exact) mass is 663 g/mol. The first-order valence-corrected chi connectivity index (χ1v) is 19.9. The smallest absolute Gasteiger partial charge is 0.202 e. The van der Waals surface area contributed by atoms with Gasteiger partial charge in [-0.05, 0) is 0 Å². The van der Waals surface area contributed by atoms with Crippen molar-refractivity contribution < 1.29 is 52.7 Å². The number of esters is 1. The molecule has 0 aromatic heterocycles. The largest absolute Gasteiger partial charge is 0.512 e. The van der Waals surface area contributed by atoms with Crippen molar-refractivity contribution in [2.45, 2.75) is 138 Å². The maximum absolute atomic E-state index is 13.0. The number of nitrogens with one attached hydrogen (secondary N) is 1. The van der Waals surface area contributed by atoms with Crippen LogP contribution in [0, 0.1) is 0 Å². The van der Waals surface area contributed by atoms with Crippen molar-refractivity contribution >= 4 is 33.3 Å². The molecule has 0 saturated heterocycles. The van der Waals surface area contributed by atoms with Gasteiger partial charge in [0.2, 0.25) is 0 Å². The quantitative estimate of drug-likeness (QED) is 0.162. The standard InChI is InChI=1S/C23H43O2P.C2HF6NO4S2/c1-2-18-25-23(24)19-26(20-12-6-3-7-13-20,21-14-8-4-9-15-21)22-16-10-5-11-17-22;3-1(4,5)14(10,11)9-15(12,13)2(6,7)8/h20-22,26H,2-19H2,1H3;9H. The molecule has 244 valence electrons. The van der Waals surface area contributed by atoms with Crippen LogP contribution in [0.25, 0.3) is 0 Å². The molecule has 3 saturated carbocycles. The van der Waals surface area contributed by atoms with E-state index in [4.69, 9.17) is 4.74 Å². The molecule has 0 aliphatic heterocycles. The maximum Gasteiger partial charge on any atom is 0.512 e. The van der Waals surface area contributed by atoms with E-state index in [1.807, 2.05) is 0 Å². The Bertz CT molecular complexity index is 946. The molecule has 3 aliphatic rings. The summed E-state index contributed by atoms with van der Waals surface area (Å²) in [6.45, 7) is 2.74. The first-order chi connectivity index (χ1) is 19.0. The van der Waals surface area contributed by atoms with Gasteiger partial charge in [0.1, 0.15) is 0 Å². The van der Waals surface area contributed by atoms with Crippen LogP contribution in [-0.2, 0) is 29.6 Å². The molecule has 7 nitrogen and oxygen atoms in total. The van der Waals surface area contributed by atoms with Gasteiger partial charge >= 0.3 is 193 Å². The maximum atomic E-state index is 13.0. The van der Waals surface area contributed by atoms with E-state index >= 15 is 0 Å². The van der Waals surface area contributed by atoms with Crippen LogP contribution in [0.15, 0.2) is 0 Å². The summed E-state index contributed by atoms with van der Waals surface area (Å²) in [4.78, 5) is 13.0.